The first kappa shape index (κ1) is 22.4. The number of nitrogens with zero attached hydrogens (tertiary/aromatic N) is 1. The van der Waals surface area contributed by atoms with Crippen LogP contribution in [0, 0.1) is 11.3 Å². The molecule has 0 heterocycles. The van der Waals surface area contributed by atoms with Crippen LogP contribution in [0.2, 0.25) is 5.02 Å². The number of hydrogen-bond acceptors (Lipinski definition) is 4. The molecular weight excluding hydrogens is 480 g/mol. The van der Waals surface area contributed by atoms with E-state index in [-0.39, 0.29) is 12.2 Å². The predicted octanol–water partition coefficient (Wildman–Crippen LogP) is 6.24. The number of methoxy groups -OCH3 is 1. The summed E-state index contributed by atoms with van der Waals surface area (Å²) in [6.45, 7) is 0.287. The molecule has 0 aliphatic carbocycles. The van der Waals surface area contributed by atoms with Gasteiger partial charge in [-0.05, 0) is 42.0 Å². The van der Waals surface area contributed by atoms with E-state index in [9.17, 15) is 10.1 Å². The zero-order valence-corrected chi connectivity index (χ0v) is 18.9. The van der Waals surface area contributed by atoms with E-state index in [1.54, 1.807) is 36.4 Å². The van der Waals surface area contributed by atoms with Crippen molar-refractivity contribution in [3.05, 3.63) is 92.9 Å². The minimum atomic E-state index is -0.516. The van der Waals surface area contributed by atoms with Crippen molar-refractivity contribution < 1.29 is 14.3 Å². The summed E-state index contributed by atoms with van der Waals surface area (Å²) >= 11 is 9.91. The smallest absolute Gasteiger partial charge is 0.266 e. The van der Waals surface area contributed by atoms with Crippen LogP contribution in [0.25, 0.3) is 6.08 Å². The highest BCUT2D eigenvalue weighted by Crippen LogP contribution is 2.38. The summed E-state index contributed by atoms with van der Waals surface area (Å²) in [7, 11) is 1.50. The van der Waals surface area contributed by atoms with E-state index in [4.69, 9.17) is 21.1 Å². The second kappa shape index (κ2) is 10.7. The third-order valence-electron chi connectivity index (χ3n) is 4.29. The summed E-state index contributed by atoms with van der Waals surface area (Å²) < 4.78 is 12.2. The van der Waals surface area contributed by atoms with Gasteiger partial charge < -0.3 is 14.8 Å². The topological polar surface area (TPSA) is 71.3 Å². The lowest BCUT2D eigenvalue weighted by Crippen LogP contribution is -2.13. The summed E-state index contributed by atoms with van der Waals surface area (Å²) in [5, 5.41) is 12.4. The van der Waals surface area contributed by atoms with Crippen molar-refractivity contribution in [3.8, 4) is 17.6 Å². The van der Waals surface area contributed by atoms with E-state index in [2.05, 4.69) is 21.2 Å². The third-order valence-corrected chi connectivity index (χ3v) is 5.34. The average molecular weight is 498 g/mol. The monoisotopic (exact) mass is 496 g/mol. The number of ether oxygens (including phenoxy) is 2. The maximum Gasteiger partial charge on any atom is 0.266 e. The largest absolute Gasteiger partial charge is 0.493 e. The van der Waals surface area contributed by atoms with Gasteiger partial charge in [0.1, 0.15) is 18.2 Å². The molecule has 0 spiro atoms. The molecule has 0 saturated carbocycles. The Hall–Kier alpha value is -3.27. The number of nitrogens with one attached hydrogen (secondary N) is 1. The van der Waals surface area contributed by atoms with Gasteiger partial charge in [-0.15, -0.1) is 0 Å². The zero-order chi connectivity index (χ0) is 22.2. The average Bonchev–Trinajstić information content (AvgIpc) is 2.78. The van der Waals surface area contributed by atoms with Crippen LogP contribution in [0.15, 0.2) is 76.8 Å². The lowest BCUT2D eigenvalue weighted by atomic mass is 10.1. The predicted molar refractivity (Wildman–Crippen MR) is 125 cm³/mol. The van der Waals surface area contributed by atoms with Gasteiger partial charge in [0.25, 0.3) is 5.91 Å². The van der Waals surface area contributed by atoms with Crippen LogP contribution in [-0.4, -0.2) is 13.0 Å². The standard InChI is InChI=1S/C24H18BrClN2O3/c1-30-22-13-16(11-18(14-27)24(29)28-19-8-3-2-4-9-19)12-21(26)23(22)31-15-17-7-5-6-10-20(17)25/h2-13H,15H2,1H3,(H,28,29)/b18-11+. The van der Waals surface area contributed by atoms with Gasteiger partial charge in [0.2, 0.25) is 0 Å². The van der Waals surface area contributed by atoms with Crippen LogP contribution in [0.4, 0.5) is 5.69 Å². The molecule has 0 aromatic heterocycles. The van der Waals surface area contributed by atoms with Crippen molar-refractivity contribution in [2.75, 3.05) is 12.4 Å². The molecular formula is C24H18BrClN2O3. The first-order valence-corrected chi connectivity index (χ1v) is 10.4. The molecule has 1 N–H and O–H groups in total. The Labute approximate surface area is 194 Å². The molecule has 7 heteroatoms. The van der Waals surface area contributed by atoms with Gasteiger partial charge in [-0.3, -0.25) is 4.79 Å². The van der Waals surface area contributed by atoms with Crippen LogP contribution in [-0.2, 0) is 11.4 Å². The normalized spacial score (nSPS) is 10.8. The molecule has 3 aromatic rings. The molecule has 0 unspecified atom stereocenters. The third kappa shape index (κ3) is 5.88. The first-order chi connectivity index (χ1) is 15.0. The van der Waals surface area contributed by atoms with E-state index in [1.807, 2.05) is 36.4 Å². The lowest BCUT2D eigenvalue weighted by Gasteiger charge is -2.14. The Morgan fingerprint density at radius 3 is 2.55 bits per heavy atom. The van der Waals surface area contributed by atoms with Gasteiger partial charge >= 0.3 is 0 Å². The summed E-state index contributed by atoms with van der Waals surface area (Å²) in [6.07, 6.45) is 1.45. The van der Waals surface area contributed by atoms with Gasteiger partial charge in [-0.2, -0.15) is 5.26 Å². The SMILES string of the molecule is COc1cc(/C=C(\C#N)C(=O)Nc2ccccc2)cc(Cl)c1OCc1ccccc1Br. The number of nitriles is 1. The molecule has 0 aliphatic rings. The fourth-order valence-electron chi connectivity index (χ4n) is 2.76. The van der Waals surface area contributed by atoms with E-state index in [0.717, 1.165) is 10.0 Å². The van der Waals surface area contributed by atoms with Crippen LogP contribution in [0.5, 0.6) is 11.5 Å². The molecule has 31 heavy (non-hydrogen) atoms. The van der Waals surface area contributed by atoms with E-state index in [0.29, 0.717) is 27.8 Å². The molecule has 3 aromatic carbocycles. The number of carbonyl (C=O) groups is 1. The number of rotatable bonds is 7. The van der Waals surface area contributed by atoms with Crippen LogP contribution < -0.4 is 14.8 Å². The number of amides is 1. The summed E-state index contributed by atoms with van der Waals surface area (Å²) in [5.74, 6) is 0.258. The Kier molecular flexibility index (Phi) is 7.71. The van der Waals surface area contributed by atoms with E-state index >= 15 is 0 Å². The molecule has 0 aliphatic heterocycles. The van der Waals surface area contributed by atoms with E-state index < -0.39 is 5.91 Å². The molecule has 0 fully saturated rings. The van der Waals surface area contributed by atoms with Gasteiger partial charge in [-0.1, -0.05) is 63.9 Å². The van der Waals surface area contributed by atoms with Crippen molar-refractivity contribution in [2.45, 2.75) is 6.61 Å². The molecule has 0 bridgehead atoms. The summed E-state index contributed by atoms with van der Waals surface area (Å²) in [4.78, 5) is 12.5. The number of benzene rings is 3. The molecule has 0 radical (unpaired) electrons. The van der Waals surface area contributed by atoms with Crippen LogP contribution >= 0.6 is 27.5 Å². The first-order valence-electron chi connectivity index (χ1n) is 9.23. The minimum absolute atomic E-state index is 0.0659. The molecule has 156 valence electrons. The lowest BCUT2D eigenvalue weighted by molar-refractivity contribution is -0.112. The zero-order valence-electron chi connectivity index (χ0n) is 16.6. The number of halogens is 2. The highest BCUT2D eigenvalue weighted by atomic mass is 79.9. The van der Waals surface area contributed by atoms with Crippen molar-refractivity contribution in [2.24, 2.45) is 0 Å². The van der Waals surface area contributed by atoms with Crippen LogP contribution in [0.3, 0.4) is 0 Å². The van der Waals surface area contributed by atoms with Crippen molar-refractivity contribution in [3.63, 3.8) is 0 Å². The van der Waals surface area contributed by atoms with Gasteiger partial charge in [0, 0.05) is 15.7 Å². The van der Waals surface area contributed by atoms with Gasteiger partial charge in [-0.25, -0.2) is 0 Å². The molecule has 3 rings (SSSR count). The minimum Gasteiger partial charge on any atom is -0.493 e. The molecule has 0 atom stereocenters. The maximum absolute atomic E-state index is 12.5. The fraction of sp³-hybridized carbons (Fsp3) is 0.0833. The number of hydrogen-bond donors (Lipinski definition) is 1. The quantitative estimate of drug-likeness (QED) is 0.310. The Morgan fingerprint density at radius 1 is 1.16 bits per heavy atom. The number of carbonyl (C=O) groups excluding carboxylic acids is 1. The molecule has 5 nitrogen and oxygen atoms in total. The van der Waals surface area contributed by atoms with Crippen molar-refractivity contribution in [1.29, 1.82) is 5.26 Å². The van der Waals surface area contributed by atoms with Crippen LogP contribution in [0.1, 0.15) is 11.1 Å². The van der Waals surface area contributed by atoms with Gasteiger partial charge in [0.05, 0.1) is 12.1 Å². The maximum atomic E-state index is 12.5. The highest BCUT2D eigenvalue weighted by molar-refractivity contribution is 9.10. The second-order valence-electron chi connectivity index (χ2n) is 6.40. The highest BCUT2D eigenvalue weighted by Gasteiger charge is 2.15. The van der Waals surface area contributed by atoms with Crippen molar-refractivity contribution in [1.82, 2.24) is 0 Å². The number of anilines is 1. The Balaban J connectivity index is 1.83. The second-order valence-corrected chi connectivity index (χ2v) is 7.67. The summed E-state index contributed by atoms with van der Waals surface area (Å²) in [5.41, 5.74) is 2.02. The fourth-order valence-corrected chi connectivity index (χ4v) is 3.44. The molecule has 1 amide bonds. The Morgan fingerprint density at radius 2 is 1.87 bits per heavy atom. The van der Waals surface area contributed by atoms with E-state index in [1.165, 1.54) is 13.2 Å². The Bertz CT molecular complexity index is 1160. The number of para-hydroxylation sites is 1. The summed E-state index contributed by atoms with van der Waals surface area (Å²) in [6, 6.07) is 21.8. The molecule has 0 saturated heterocycles. The van der Waals surface area contributed by atoms with Crippen molar-refractivity contribution >= 4 is 45.2 Å². The van der Waals surface area contributed by atoms with Gasteiger partial charge in [0.15, 0.2) is 11.5 Å².